The number of halogens is 1. The Morgan fingerprint density at radius 3 is 2.35 bits per heavy atom. The minimum absolute atomic E-state index is 0.0892. The maximum absolute atomic E-state index is 13.4. The van der Waals surface area contributed by atoms with E-state index < -0.39 is 24.3 Å². The van der Waals surface area contributed by atoms with Crippen LogP contribution < -0.4 is 16.0 Å². The molecule has 1 unspecified atom stereocenters. The standard InChI is InChI=1S/C24H27BFNO4/c1-23(2)24(3,4)31-25(30-23)16-10-13-20-19(14-16)18(6-5-7-21(28)29)22(27-20)15-8-11-17(26)12-9-15/h8-14,22H,5-7H2,1-4H3,(H,28,29). The van der Waals surface area contributed by atoms with Gasteiger partial charge in [-0.15, -0.1) is 0 Å². The lowest BCUT2D eigenvalue weighted by Gasteiger charge is -2.32. The Labute approximate surface area is 181 Å². The molecule has 1 N–H and O–H groups in total. The molecule has 31 heavy (non-hydrogen) atoms. The summed E-state index contributed by atoms with van der Waals surface area (Å²) in [6.07, 6.45) is 1.20. The van der Waals surface area contributed by atoms with E-state index in [1.165, 1.54) is 12.1 Å². The maximum Gasteiger partial charge on any atom is 0.494 e. The Hall–Kier alpha value is -2.51. The van der Waals surface area contributed by atoms with Gasteiger partial charge in [0.05, 0.1) is 22.6 Å². The summed E-state index contributed by atoms with van der Waals surface area (Å²) in [5.41, 5.74) is 1.96. The van der Waals surface area contributed by atoms with Crippen LogP contribution in [0.15, 0.2) is 47.5 Å². The highest BCUT2D eigenvalue weighted by atomic mass is 19.1. The predicted molar refractivity (Wildman–Crippen MR) is 117 cm³/mol. The second-order valence-electron chi connectivity index (χ2n) is 9.22. The van der Waals surface area contributed by atoms with Crippen molar-refractivity contribution in [2.75, 3.05) is 0 Å². The summed E-state index contributed by atoms with van der Waals surface area (Å²) in [5, 5.41) is 10.9. The van der Waals surface area contributed by atoms with Crippen LogP contribution in [0.1, 0.15) is 58.6 Å². The first-order valence-corrected chi connectivity index (χ1v) is 10.6. The zero-order valence-corrected chi connectivity index (χ0v) is 18.3. The average molecular weight is 423 g/mol. The molecule has 7 heteroatoms. The Morgan fingerprint density at radius 2 is 1.74 bits per heavy atom. The van der Waals surface area contributed by atoms with Gasteiger partial charge < -0.3 is 14.4 Å². The Morgan fingerprint density at radius 1 is 1.10 bits per heavy atom. The van der Waals surface area contributed by atoms with Crippen LogP contribution in [0, 0.1) is 5.82 Å². The van der Waals surface area contributed by atoms with Gasteiger partial charge in [-0.05, 0) is 75.3 Å². The van der Waals surface area contributed by atoms with Crippen molar-refractivity contribution in [1.82, 2.24) is 0 Å². The molecule has 1 atom stereocenters. The quantitative estimate of drug-likeness (QED) is 0.726. The molecule has 5 nitrogen and oxygen atoms in total. The zero-order valence-electron chi connectivity index (χ0n) is 18.3. The van der Waals surface area contributed by atoms with Crippen molar-refractivity contribution >= 4 is 24.1 Å². The molecule has 2 aliphatic rings. The van der Waals surface area contributed by atoms with Crippen LogP contribution in [0.5, 0.6) is 0 Å². The SMILES string of the molecule is CC1(C)OB(c2ccc3c(c2)=C(CCCC(=O)O)C(c2ccc(F)cc2)N=3)OC1(C)C. The molecule has 0 saturated carbocycles. The number of fused-ring (bicyclic) bond motifs is 1. The van der Waals surface area contributed by atoms with Crippen LogP contribution in [0.2, 0.25) is 0 Å². The van der Waals surface area contributed by atoms with Gasteiger partial charge in [0.25, 0.3) is 0 Å². The normalized spacial score (nSPS) is 21.1. The van der Waals surface area contributed by atoms with E-state index in [1.807, 2.05) is 45.9 Å². The summed E-state index contributed by atoms with van der Waals surface area (Å²) < 4.78 is 25.8. The molecule has 0 aliphatic carbocycles. The molecule has 2 aromatic rings. The Balaban J connectivity index is 1.74. The van der Waals surface area contributed by atoms with Crippen molar-refractivity contribution < 1.29 is 23.6 Å². The highest BCUT2D eigenvalue weighted by molar-refractivity contribution is 6.62. The van der Waals surface area contributed by atoms with E-state index in [1.54, 1.807) is 12.1 Å². The van der Waals surface area contributed by atoms with Gasteiger partial charge >= 0.3 is 13.1 Å². The van der Waals surface area contributed by atoms with Crippen molar-refractivity contribution in [1.29, 1.82) is 0 Å². The smallest absolute Gasteiger partial charge is 0.481 e. The fourth-order valence-corrected chi connectivity index (χ4v) is 4.04. The second kappa shape index (κ2) is 7.88. The van der Waals surface area contributed by atoms with Crippen molar-refractivity contribution in [3.05, 3.63) is 64.4 Å². The molecule has 2 aliphatic heterocycles. The highest BCUT2D eigenvalue weighted by Gasteiger charge is 2.51. The van der Waals surface area contributed by atoms with Crippen LogP contribution in [0.25, 0.3) is 5.57 Å². The van der Waals surface area contributed by atoms with E-state index in [2.05, 4.69) is 0 Å². The lowest BCUT2D eigenvalue weighted by atomic mass is 9.78. The number of nitrogens with zero attached hydrogens (tertiary/aromatic N) is 1. The highest BCUT2D eigenvalue weighted by Crippen LogP contribution is 2.36. The lowest BCUT2D eigenvalue weighted by Crippen LogP contribution is -2.41. The fraction of sp³-hybridized carbons (Fsp3) is 0.417. The van der Waals surface area contributed by atoms with Crippen LogP contribution in [-0.2, 0) is 14.1 Å². The maximum atomic E-state index is 13.4. The largest absolute Gasteiger partial charge is 0.494 e. The molecular formula is C24H27BFNO4. The van der Waals surface area contributed by atoms with Gasteiger partial charge in [-0.2, -0.15) is 0 Å². The molecule has 0 bridgehead atoms. The van der Waals surface area contributed by atoms with E-state index in [-0.39, 0.29) is 18.3 Å². The summed E-state index contributed by atoms with van der Waals surface area (Å²) in [6.45, 7) is 8.07. The first-order chi connectivity index (χ1) is 14.6. The fourth-order valence-electron chi connectivity index (χ4n) is 4.04. The van der Waals surface area contributed by atoms with Crippen molar-refractivity contribution in [2.45, 2.75) is 64.2 Å². The molecule has 2 aromatic carbocycles. The van der Waals surface area contributed by atoms with Crippen molar-refractivity contribution in [3.63, 3.8) is 0 Å². The number of hydrogen-bond acceptors (Lipinski definition) is 4. The third-order valence-corrected chi connectivity index (χ3v) is 6.51. The van der Waals surface area contributed by atoms with E-state index >= 15 is 0 Å². The number of rotatable bonds is 6. The summed E-state index contributed by atoms with van der Waals surface area (Å²) in [4.78, 5) is 15.9. The van der Waals surface area contributed by atoms with Gasteiger partial charge in [0.1, 0.15) is 5.82 Å². The van der Waals surface area contributed by atoms with Crippen molar-refractivity contribution in [2.24, 2.45) is 4.99 Å². The number of carbonyl (C=O) groups is 1. The number of carboxylic acid groups (broad SMARTS) is 1. The van der Waals surface area contributed by atoms with Gasteiger partial charge in [-0.3, -0.25) is 9.79 Å². The van der Waals surface area contributed by atoms with E-state index in [0.29, 0.717) is 12.8 Å². The molecule has 0 spiro atoms. The van der Waals surface area contributed by atoms with Crippen LogP contribution in [0.3, 0.4) is 0 Å². The summed E-state index contributed by atoms with van der Waals surface area (Å²) >= 11 is 0. The van der Waals surface area contributed by atoms with Gasteiger partial charge in [0.2, 0.25) is 0 Å². The molecule has 4 rings (SSSR count). The topological polar surface area (TPSA) is 68.1 Å². The van der Waals surface area contributed by atoms with Crippen molar-refractivity contribution in [3.8, 4) is 0 Å². The Kier molecular flexibility index (Phi) is 5.52. The van der Waals surface area contributed by atoms with E-state index in [0.717, 1.165) is 27.2 Å². The molecule has 1 fully saturated rings. The third kappa shape index (κ3) is 4.17. The van der Waals surface area contributed by atoms with Gasteiger partial charge in [0, 0.05) is 11.6 Å². The molecule has 0 radical (unpaired) electrons. The number of hydrogen-bond donors (Lipinski definition) is 1. The van der Waals surface area contributed by atoms with Crippen LogP contribution >= 0.6 is 0 Å². The molecule has 1 saturated heterocycles. The predicted octanol–water partition coefficient (Wildman–Crippen LogP) is 2.91. The summed E-state index contributed by atoms with van der Waals surface area (Å²) in [7, 11) is -0.486. The first kappa shape index (κ1) is 21.7. The molecule has 0 amide bonds. The van der Waals surface area contributed by atoms with Crippen LogP contribution in [0.4, 0.5) is 4.39 Å². The Bertz CT molecular complexity index is 1110. The van der Waals surface area contributed by atoms with Gasteiger partial charge in [-0.25, -0.2) is 4.39 Å². The molecule has 162 valence electrons. The van der Waals surface area contributed by atoms with Gasteiger partial charge in [0.15, 0.2) is 0 Å². The monoisotopic (exact) mass is 423 g/mol. The van der Waals surface area contributed by atoms with Crippen LogP contribution in [-0.4, -0.2) is 29.4 Å². The number of carboxylic acids is 1. The first-order valence-electron chi connectivity index (χ1n) is 10.6. The van der Waals surface area contributed by atoms with E-state index in [4.69, 9.17) is 19.4 Å². The molecule has 2 heterocycles. The molecule has 0 aromatic heterocycles. The minimum Gasteiger partial charge on any atom is -0.481 e. The zero-order chi connectivity index (χ0) is 22.4. The van der Waals surface area contributed by atoms with Gasteiger partial charge in [-0.1, -0.05) is 24.3 Å². The average Bonchev–Trinajstić information content (AvgIpc) is 3.15. The summed E-state index contributed by atoms with van der Waals surface area (Å²) in [5.74, 6) is -1.12. The summed E-state index contributed by atoms with van der Waals surface area (Å²) in [6, 6.07) is 12.0. The number of aliphatic carboxylic acids is 1. The molecular weight excluding hydrogens is 396 g/mol. The number of benzene rings is 2. The second-order valence-corrected chi connectivity index (χ2v) is 9.22. The minimum atomic E-state index is -0.819. The third-order valence-electron chi connectivity index (χ3n) is 6.51. The van der Waals surface area contributed by atoms with E-state index in [9.17, 15) is 9.18 Å². The lowest BCUT2D eigenvalue weighted by molar-refractivity contribution is -0.137.